The summed E-state index contributed by atoms with van der Waals surface area (Å²) < 4.78 is 23.8. The Bertz CT molecular complexity index is 798. The van der Waals surface area contributed by atoms with Crippen LogP contribution in [0, 0.1) is 5.82 Å². The summed E-state index contributed by atoms with van der Waals surface area (Å²) in [6.45, 7) is 0.471. The van der Waals surface area contributed by atoms with E-state index in [0.29, 0.717) is 37.5 Å². The van der Waals surface area contributed by atoms with Crippen LogP contribution in [0.2, 0.25) is 0 Å². The first kappa shape index (κ1) is 18.8. The Morgan fingerprint density at radius 2 is 1.70 bits per heavy atom. The molecule has 0 unspecified atom stereocenters. The lowest BCUT2D eigenvalue weighted by atomic mass is 9.73. The van der Waals surface area contributed by atoms with Crippen molar-refractivity contribution in [2.45, 2.75) is 18.3 Å². The molecular weight excluding hydrogens is 353 g/mol. The summed E-state index contributed by atoms with van der Waals surface area (Å²) in [4.78, 5) is 23.6. The second-order valence-electron chi connectivity index (χ2n) is 6.36. The number of nitrogens with one attached hydrogen (secondary N) is 1. The van der Waals surface area contributed by atoms with Crippen LogP contribution in [-0.2, 0) is 19.7 Å². The number of carbonyl (C=O) groups excluding carboxylic acids is 1. The molecule has 1 heterocycles. The molecule has 0 spiro atoms. The fourth-order valence-corrected chi connectivity index (χ4v) is 3.17. The minimum atomic E-state index is -1.06. The van der Waals surface area contributed by atoms with Crippen molar-refractivity contribution in [2.24, 2.45) is 0 Å². The number of rotatable bonds is 6. The molecule has 2 aromatic rings. The van der Waals surface area contributed by atoms with Crippen LogP contribution in [0.4, 0.5) is 10.1 Å². The molecule has 0 atom stereocenters. The molecule has 1 aliphatic heterocycles. The normalized spacial score (nSPS) is 15.7. The molecule has 1 fully saturated rings. The monoisotopic (exact) mass is 373 g/mol. The van der Waals surface area contributed by atoms with Gasteiger partial charge in [-0.2, -0.15) is 0 Å². The molecule has 27 heavy (non-hydrogen) atoms. The molecule has 1 saturated heterocycles. The number of carboxylic acid groups (broad SMARTS) is 1. The number of ether oxygens (including phenoxy) is 2. The van der Waals surface area contributed by atoms with Crippen LogP contribution in [0.15, 0.2) is 48.5 Å². The van der Waals surface area contributed by atoms with E-state index in [0.717, 1.165) is 5.56 Å². The largest absolute Gasteiger partial charge is 0.482 e. The van der Waals surface area contributed by atoms with Crippen molar-refractivity contribution in [1.82, 2.24) is 0 Å². The van der Waals surface area contributed by atoms with Gasteiger partial charge in [0.1, 0.15) is 11.6 Å². The molecular formula is C20H20FNO5. The quantitative estimate of drug-likeness (QED) is 0.813. The second kappa shape index (κ2) is 8.18. The highest BCUT2D eigenvalue weighted by Crippen LogP contribution is 2.36. The van der Waals surface area contributed by atoms with Gasteiger partial charge in [-0.3, -0.25) is 4.79 Å². The lowest BCUT2D eigenvalue weighted by Crippen LogP contribution is -2.44. The van der Waals surface area contributed by atoms with Crippen LogP contribution >= 0.6 is 0 Å². The van der Waals surface area contributed by atoms with Gasteiger partial charge in [0, 0.05) is 18.9 Å². The molecule has 6 nitrogen and oxygen atoms in total. The van der Waals surface area contributed by atoms with Crippen LogP contribution in [0.25, 0.3) is 0 Å². The van der Waals surface area contributed by atoms with E-state index < -0.39 is 18.0 Å². The zero-order valence-electron chi connectivity index (χ0n) is 14.6. The number of halogens is 1. The molecule has 7 heteroatoms. The summed E-state index contributed by atoms with van der Waals surface area (Å²) in [5.41, 5.74) is 0.534. The van der Waals surface area contributed by atoms with Crippen LogP contribution in [0.3, 0.4) is 0 Å². The maximum Gasteiger partial charge on any atom is 0.341 e. The van der Waals surface area contributed by atoms with Crippen molar-refractivity contribution in [2.75, 3.05) is 25.1 Å². The van der Waals surface area contributed by atoms with Gasteiger partial charge < -0.3 is 19.9 Å². The molecule has 0 radical (unpaired) electrons. The van der Waals surface area contributed by atoms with E-state index in [1.54, 1.807) is 36.4 Å². The SMILES string of the molecule is O=C(O)COc1ccc(NC(=O)C2(c3ccc(F)cc3)CCOCC2)cc1. The van der Waals surface area contributed by atoms with E-state index in [2.05, 4.69) is 5.32 Å². The van der Waals surface area contributed by atoms with Gasteiger partial charge in [-0.25, -0.2) is 9.18 Å². The number of hydrogen-bond acceptors (Lipinski definition) is 4. The topological polar surface area (TPSA) is 84.9 Å². The third-order valence-electron chi connectivity index (χ3n) is 4.65. The Kier molecular flexibility index (Phi) is 5.71. The van der Waals surface area contributed by atoms with Crippen molar-refractivity contribution in [3.05, 3.63) is 59.9 Å². The summed E-state index contributed by atoms with van der Waals surface area (Å²) >= 11 is 0. The molecule has 0 aromatic heterocycles. The second-order valence-corrected chi connectivity index (χ2v) is 6.36. The van der Waals surface area contributed by atoms with Gasteiger partial charge in [0.15, 0.2) is 6.61 Å². The summed E-state index contributed by atoms with van der Waals surface area (Å²) in [6, 6.07) is 12.5. The molecule has 2 N–H and O–H groups in total. The minimum Gasteiger partial charge on any atom is -0.482 e. The number of carboxylic acids is 1. The first-order chi connectivity index (χ1) is 13.0. The number of hydrogen-bond donors (Lipinski definition) is 2. The van der Waals surface area contributed by atoms with Gasteiger partial charge in [0.25, 0.3) is 0 Å². The number of benzene rings is 2. The number of carbonyl (C=O) groups is 2. The minimum absolute atomic E-state index is 0.184. The van der Waals surface area contributed by atoms with Gasteiger partial charge in [-0.15, -0.1) is 0 Å². The first-order valence-corrected chi connectivity index (χ1v) is 8.59. The van der Waals surface area contributed by atoms with E-state index in [9.17, 15) is 14.0 Å². The Hall–Kier alpha value is -2.93. The molecule has 3 rings (SSSR count). The third kappa shape index (κ3) is 4.43. The average molecular weight is 373 g/mol. The number of amides is 1. The molecule has 142 valence electrons. The highest BCUT2D eigenvalue weighted by atomic mass is 19.1. The van der Waals surface area contributed by atoms with Crippen molar-refractivity contribution in [3.63, 3.8) is 0 Å². The van der Waals surface area contributed by atoms with Gasteiger partial charge >= 0.3 is 5.97 Å². The predicted molar refractivity (Wildman–Crippen MR) is 96.3 cm³/mol. The van der Waals surface area contributed by atoms with Crippen LogP contribution in [0.1, 0.15) is 18.4 Å². The molecule has 0 aliphatic carbocycles. The zero-order valence-corrected chi connectivity index (χ0v) is 14.6. The molecule has 1 aliphatic rings. The van der Waals surface area contributed by atoms with E-state index in [1.165, 1.54) is 12.1 Å². The maximum absolute atomic E-state index is 13.3. The van der Waals surface area contributed by atoms with Crippen molar-refractivity contribution >= 4 is 17.6 Å². The van der Waals surface area contributed by atoms with Crippen LogP contribution < -0.4 is 10.1 Å². The highest BCUT2D eigenvalue weighted by molar-refractivity contribution is 5.99. The van der Waals surface area contributed by atoms with Gasteiger partial charge in [-0.05, 0) is 54.8 Å². The van der Waals surface area contributed by atoms with Crippen molar-refractivity contribution < 1.29 is 28.6 Å². The molecule has 1 amide bonds. The predicted octanol–water partition coefficient (Wildman–Crippen LogP) is 2.98. The van der Waals surface area contributed by atoms with E-state index in [4.69, 9.17) is 14.6 Å². The lowest BCUT2D eigenvalue weighted by molar-refractivity contribution is -0.139. The zero-order chi connectivity index (χ0) is 19.3. The van der Waals surface area contributed by atoms with Gasteiger partial charge in [0.05, 0.1) is 5.41 Å². The third-order valence-corrected chi connectivity index (χ3v) is 4.65. The standard InChI is InChI=1S/C20H20FNO5/c21-15-3-1-14(2-4-15)20(9-11-26-12-10-20)19(25)22-16-5-7-17(8-6-16)27-13-18(23)24/h1-8H,9-13H2,(H,22,25)(H,23,24). The van der Waals surface area contributed by atoms with Gasteiger partial charge in [0.2, 0.25) is 5.91 Å². The van der Waals surface area contributed by atoms with Gasteiger partial charge in [-0.1, -0.05) is 12.1 Å². The number of anilines is 1. The van der Waals surface area contributed by atoms with E-state index >= 15 is 0 Å². The van der Waals surface area contributed by atoms with E-state index in [-0.39, 0.29) is 11.7 Å². The highest BCUT2D eigenvalue weighted by Gasteiger charge is 2.41. The summed E-state index contributed by atoms with van der Waals surface area (Å²) in [6.07, 6.45) is 1.01. The fourth-order valence-electron chi connectivity index (χ4n) is 3.17. The summed E-state index contributed by atoms with van der Waals surface area (Å²) in [7, 11) is 0. The molecule has 2 aromatic carbocycles. The smallest absolute Gasteiger partial charge is 0.341 e. The fraction of sp³-hybridized carbons (Fsp3) is 0.300. The van der Waals surface area contributed by atoms with Crippen molar-refractivity contribution in [1.29, 1.82) is 0 Å². The van der Waals surface area contributed by atoms with E-state index in [1.807, 2.05) is 0 Å². The van der Waals surface area contributed by atoms with Crippen LogP contribution in [0.5, 0.6) is 5.75 Å². The Morgan fingerprint density at radius 1 is 1.07 bits per heavy atom. The average Bonchev–Trinajstić information content (AvgIpc) is 2.68. The Labute approximate surface area is 155 Å². The van der Waals surface area contributed by atoms with Crippen LogP contribution in [-0.4, -0.2) is 36.8 Å². The lowest BCUT2D eigenvalue weighted by Gasteiger charge is -2.36. The first-order valence-electron chi connectivity index (χ1n) is 8.59. The summed E-state index contributed by atoms with van der Waals surface area (Å²) in [5.74, 6) is -1.20. The Balaban J connectivity index is 1.77. The summed E-state index contributed by atoms with van der Waals surface area (Å²) in [5, 5.41) is 11.5. The number of aliphatic carboxylic acids is 1. The van der Waals surface area contributed by atoms with Crippen molar-refractivity contribution in [3.8, 4) is 5.75 Å². The molecule has 0 saturated carbocycles. The maximum atomic E-state index is 13.3. The molecule has 0 bridgehead atoms. The Morgan fingerprint density at radius 3 is 2.30 bits per heavy atom.